The number of aliphatic carboxylic acids is 1. The highest BCUT2D eigenvalue weighted by molar-refractivity contribution is 9.10. The molecule has 18 heavy (non-hydrogen) atoms. The Hall–Kier alpha value is -1.63. The van der Waals surface area contributed by atoms with E-state index in [1.165, 1.54) is 30.8 Å². The number of halogens is 1. The molecule has 1 aromatic rings. The van der Waals surface area contributed by atoms with Gasteiger partial charge in [0.25, 0.3) is 5.56 Å². The second-order valence-electron chi connectivity index (χ2n) is 3.83. The highest BCUT2D eigenvalue weighted by atomic mass is 79.9. The topological polar surface area (TPSA) is 79.6 Å². The monoisotopic (exact) mass is 316 g/mol. The highest BCUT2D eigenvalue weighted by Gasteiger charge is 2.21. The van der Waals surface area contributed by atoms with Gasteiger partial charge in [-0.3, -0.25) is 9.59 Å². The summed E-state index contributed by atoms with van der Waals surface area (Å²) in [7, 11) is 1.39. The molecule has 0 spiro atoms. The van der Waals surface area contributed by atoms with Gasteiger partial charge in [0.1, 0.15) is 12.6 Å². The number of nitrogens with zero attached hydrogens (tertiary/aromatic N) is 2. The average molecular weight is 317 g/mol. The predicted octanol–water partition coefficient (Wildman–Crippen LogP) is 0.542. The number of rotatable bonds is 4. The zero-order valence-corrected chi connectivity index (χ0v) is 11.5. The summed E-state index contributed by atoms with van der Waals surface area (Å²) >= 11 is 3.20. The molecule has 0 aromatic carbocycles. The minimum Gasteiger partial charge on any atom is -0.480 e. The van der Waals surface area contributed by atoms with Gasteiger partial charge in [-0.25, -0.2) is 4.79 Å². The van der Waals surface area contributed by atoms with E-state index in [-0.39, 0.29) is 12.1 Å². The van der Waals surface area contributed by atoms with Gasteiger partial charge in [-0.15, -0.1) is 0 Å². The molecule has 0 saturated heterocycles. The van der Waals surface area contributed by atoms with Crippen LogP contribution < -0.4 is 5.56 Å². The summed E-state index contributed by atoms with van der Waals surface area (Å²) < 4.78 is 1.89. The molecule has 1 aromatic heterocycles. The van der Waals surface area contributed by atoms with Crippen molar-refractivity contribution in [2.24, 2.45) is 0 Å². The van der Waals surface area contributed by atoms with Gasteiger partial charge < -0.3 is 14.6 Å². The van der Waals surface area contributed by atoms with Crippen LogP contribution in [0, 0.1) is 0 Å². The molecular formula is C11H13BrN2O4. The summed E-state index contributed by atoms with van der Waals surface area (Å²) in [5, 5.41) is 8.80. The first-order chi connectivity index (χ1) is 8.32. The molecule has 1 N–H and O–H groups in total. The number of carboxylic acid groups (broad SMARTS) is 1. The Morgan fingerprint density at radius 2 is 2.11 bits per heavy atom. The van der Waals surface area contributed by atoms with Gasteiger partial charge in [-0.1, -0.05) is 0 Å². The lowest BCUT2D eigenvalue weighted by Gasteiger charge is -2.21. The average Bonchev–Trinajstić information content (AvgIpc) is 2.31. The summed E-state index contributed by atoms with van der Waals surface area (Å²) in [6.45, 7) is 1.22. The molecule has 1 heterocycles. The van der Waals surface area contributed by atoms with Gasteiger partial charge in [-0.05, 0) is 28.9 Å². The zero-order valence-electron chi connectivity index (χ0n) is 9.96. The second kappa shape index (κ2) is 5.81. The molecule has 7 heteroatoms. The van der Waals surface area contributed by atoms with Crippen molar-refractivity contribution in [2.75, 3.05) is 7.05 Å². The minimum absolute atomic E-state index is 0.188. The van der Waals surface area contributed by atoms with Gasteiger partial charge in [0.15, 0.2) is 0 Å². The molecule has 0 saturated carbocycles. The van der Waals surface area contributed by atoms with Crippen molar-refractivity contribution >= 4 is 27.8 Å². The Balaban J connectivity index is 2.85. The standard InChI is InChI=1S/C11H13BrN2O4/c1-7(11(17)18)13(2)10(16)6-14-5-8(12)3-4-9(14)15/h3-5,7H,6H2,1-2H3,(H,17,18). The Morgan fingerprint density at radius 3 is 2.67 bits per heavy atom. The smallest absolute Gasteiger partial charge is 0.326 e. The van der Waals surface area contributed by atoms with Crippen LogP contribution in [0.4, 0.5) is 0 Å². The molecule has 0 fully saturated rings. The molecular weight excluding hydrogens is 304 g/mol. The number of aromatic nitrogens is 1. The second-order valence-corrected chi connectivity index (χ2v) is 4.75. The first-order valence-corrected chi connectivity index (χ1v) is 5.96. The third kappa shape index (κ3) is 3.43. The molecule has 1 unspecified atom stereocenters. The first kappa shape index (κ1) is 14.4. The number of hydrogen-bond donors (Lipinski definition) is 1. The van der Waals surface area contributed by atoms with Crippen LogP contribution >= 0.6 is 15.9 Å². The van der Waals surface area contributed by atoms with Crippen LogP contribution in [-0.2, 0) is 16.1 Å². The van der Waals surface area contributed by atoms with Gasteiger partial charge in [0, 0.05) is 23.8 Å². The van der Waals surface area contributed by atoms with E-state index in [4.69, 9.17) is 5.11 Å². The van der Waals surface area contributed by atoms with Crippen molar-refractivity contribution in [3.63, 3.8) is 0 Å². The molecule has 6 nitrogen and oxygen atoms in total. The summed E-state index contributed by atoms with van der Waals surface area (Å²) in [6.07, 6.45) is 1.49. The lowest BCUT2D eigenvalue weighted by molar-refractivity contribution is -0.148. The molecule has 1 atom stereocenters. The Morgan fingerprint density at radius 1 is 1.50 bits per heavy atom. The van der Waals surface area contributed by atoms with Crippen LogP contribution in [0.1, 0.15) is 6.92 Å². The van der Waals surface area contributed by atoms with Crippen molar-refractivity contribution in [1.82, 2.24) is 9.47 Å². The largest absolute Gasteiger partial charge is 0.480 e. The number of carboxylic acids is 1. The molecule has 1 amide bonds. The molecule has 1 rings (SSSR count). The Kier molecular flexibility index (Phi) is 4.66. The van der Waals surface area contributed by atoms with Crippen LogP contribution in [0.3, 0.4) is 0 Å². The van der Waals surface area contributed by atoms with E-state index < -0.39 is 17.9 Å². The van der Waals surface area contributed by atoms with Crippen molar-refractivity contribution in [3.8, 4) is 0 Å². The molecule has 98 valence electrons. The van der Waals surface area contributed by atoms with Crippen molar-refractivity contribution < 1.29 is 14.7 Å². The fourth-order valence-corrected chi connectivity index (χ4v) is 1.64. The maximum atomic E-state index is 11.8. The molecule has 0 aliphatic heterocycles. The van der Waals surface area contributed by atoms with Crippen molar-refractivity contribution in [3.05, 3.63) is 33.2 Å². The Bertz CT molecular complexity index is 526. The lowest BCUT2D eigenvalue weighted by atomic mass is 10.3. The molecule has 0 radical (unpaired) electrons. The van der Waals surface area contributed by atoms with Crippen LogP contribution in [0.25, 0.3) is 0 Å². The quantitative estimate of drug-likeness (QED) is 0.879. The lowest BCUT2D eigenvalue weighted by Crippen LogP contribution is -2.42. The van der Waals surface area contributed by atoms with Gasteiger partial charge >= 0.3 is 5.97 Å². The summed E-state index contributed by atoms with van der Waals surface area (Å²) in [5.41, 5.74) is -0.317. The summed E-state index contributed by atoms with van der Waals surface area (Å²) in [6, 6.07) is 1.98. The van der Waals surface area contributed by atoms with E-state index in [1.807, 2.05) is 0 Å². The van der Waals surface area contributed by atoms with E-state index >= 15 is 0 Å². The van der Waals surface area contributed by atoms with Crippen LogP contribution in [0.2, 0.25) is 0 Å². The highest BCUT2D eigenvalue weighted by Crippen LogP contribution is 2.05. The van der Waals surface area contributed by atoms with Gasteiger partial charge in [0.2, 0.25) is 5.91 Å². The first-order valence-electron chi connectivity index (χ1n) is 5.17. The van der Waals surface area contributed by atoms with E-state index in [1.54, 1.807) is 6.07 Å². The third-order valence-electron chi connectivity index (χ3n) is 2.58. The number of pyridine rings is 1. The van der Waals surface area contributed by atoms with Gasteiger partial charge in [0.05, 0.1) is 0 Å². The number of carbonyl (C=O) groups excluding carboxylic acids is 1. The zero-order chi connectivity index (χ0) is 13.9. The molecule has 0 aliphatic rings. The maximum absolute atomic E-state index is 11.8. The van der Waals surface area contributed by atoms with E-state index in [2.05, 4.69) is 15.9 Å². The van der Waals surface area contributed by atoms with Gasteiger partial charge in [-0.2, -0.15) is 0 Å². The normalized spacial score (nSPS) is 11.9. The molecule has 0 aliphatic carbocycles. The van der Waals surface area contributed by atoms with Crippen LogP contribution in [-0.4, -0.2) is 39.5 Å². The SMILES string of the molecule is CC(C(=O)O)N(C)C(=O)Cn1cc(Br)ccc1=O. The fourth-order valence-electron chi connectivity index (χ4n) is 1.26. The maximum Gasteiger partial charge on any atom is 0.326 e. The summed E-state index contributed by atoms with van der Waals surface area (Å²) in [4.78, 5) is 35.1. The van der Waals surface area contributed by atoms with E-state index in [0.29, 0.717) is 4.47 Å². The Labute approximate surface area is 112 Å². The minimum atomic E-state index is -1.09. The third-order valence-corrected chi connectivity index (χ3v) is 3.05. The van der Waals surface area contributed by atoms with E-state index in [9.17, 15) is 14.4 Å². The number of carbonyl (C=O) groups is 2. The fraction of sp³-hybridized carbons (Fsp3) is 0.364. The van der Waals surface area contributed by atoms with E-state index in [0.717, 1.165) is 4.90 Å². The number of likely N-dealkylation sites (N-methyl/N-ethyl adjacent to an activating group) is 1. The van der Waals surface area contributed by atoms with Crippen molar-refractivity contribution in [2.45, 2.75) is 19.5 Å². The van der Waals surface area contributed by atoms with Crippen LogP contribution in [0.15, 0.2) is 27.6 Å². The molecule has 0 bridgehead atoms. The summed E-state index contributed by atoms with van der Waals surface area (Å²) in [5.74, 6) is -1.53. The van der Waals surface area contributed by atoms with Crippen LogP contribution in [0.5, 0.6) is 0 Å². The predicted molar refractivity (Wildman–Crippen MR) is 68.3 cm³/mol. The van der Waals surface area contributed by atoms with Crippen molar-refractivity contribution in [1.29, 1.82) is 0 Å². The number of amides is 1. The number of hydrogen-bond acceptors (Lipinski definition) is 3.